The lowest BCUT2D eigenvalue weighted by Crippen LogP contribution is -2.41. The van der Waals surface area contributed by atoms with Gasteiger partial charge in [0.1, 0.15) is 0 Å². The van der Waals surface area contributed by atoms with E-state index in [9.17, 15) is 5.11 Å². The molecule has 2 N–H and O–H groups in total. The van der Waals surface area contributed by atoms with Crippen LogP contribution >= 0.6 is 0 Å². The van der Waals surface area contributed by atoms with Crippen LogP contribution in [0.25, 0.3) is 0 Å². The molecule has 15 heavy (non-hydrogen) atoms. The Morgan fingerprint density at radius 2 is 2.33 bits per heavy atom. The van der Waals surface area contributed by atoms with Crippen LogP contribution in [0.5, 0.6) is 0 Å². The van der Waals surface area contributed by atoms with Crippen LogP contribution in [0.1, 0.15) is 31.4 Å². The average Bonchev–Trinajstić information content (AvgIpc) is 2.63. The number of hydrogen-bond donors (Lipinski definition) is 2. The summed E-state index contributed by atoms with van der Waals surface area (Å²) in [6.07, 6.45) is 6.14. The summed E-state index contributed by atoms with van der Waals surface area (Å²) in [7, 11) is 1.92. The van der Waals surface area contributed by atoms with Crippen molar-refractivity contribution in [2.45, 2.75) is 44.4 Å². The van der Waals surface area contributed by atoms with Gasteiger partial charge in [-0.3, -0.25) is 4.68 Å². The second kappa shape index (κ2) is 4.77. The van der Waals surface area contributed by atoms with Gasteiger partial charge in [0.25, 0.3) is 0 Å². The van der Waals surface area contributed by atoms with Gasteiger partial charge in [-0.25, -0.2) is 0 Å². The first-order chi connectivity index (χ1) is 7.25. The van der Waals surface area contributed by atoms with Crippen molar-refractivity contribution < 1.29 is 5.11 Å². The Hall–Kier alpha value is -0.870. The normalized spacial score (nSPS) is 26.8. The number of nitrogens with one attached hydrogen (secondary N) is 1. The highest BCUT2D eigenvalue weighted by Gasteiger charge is 2.22. The summed E-state index contributed by atoms with van der Waals surface area (Å²) in [6.45, 7) is 0.753. The molecule has 0 bridgehead atoms. The molecule has 1 fully saturated rings. The largest absolute Gasteiger partial charge is 0.392 e. The molecular formula is C11H19N3O. The SMILES string of the molecule is Cn1ccc(CN[C@@H]2CCCC[C@H]2O)n1. The van der Waals surface area contributed by atoms with Crippen LogP contribution in [0.3, 0.4) is 0 Å². The van der Waals surface area contributed by atoms with Crippen molar-refractivity contribution in [1.29, 1.82) is 0 Å². The summed E-state index contributed by atoms with van der Waals surface area (Å²) in [5, 5.41) is 17.4. The predicted molar refractivity (Wildman–Crippen MR) is 58.3 cm³/mol. The van der Waals surface area contributed by atoms with Crippen LogP contribution in [0, 0.1) is 0 Å². The van der Waals surface area contributed by atoms with E-state index in [1.54, 1.807) is 4.68 Å². The Morgan fingerprint density at radius 3 is 3.00 bits per heavy atom. The molecule has 1 saturated carbocycles. The van der Waals surface area contributed by atoms with Gasteiger partial charge in [-0.15, -0.1) is 0 Å². The summed E-state index contributed by atoms with van der Waals surface area (Å²) in [6, 6.07) is 2.25. The molecule has 84 valence electrons. The molecule has 0 aliphatic heterocycles. The van der Waals surface area contributed by atoms with E-state index in [-0.39, 0.29) is 12.1 Å². The summed E-state index contributed by atoms with van der Waals surface area (Å²) in [5.41, 5.74) is 1.04. The molecule has 0 aromatic carbocycles. The van der Waals surface area contributed by atoms with Crippen molar-refractivity contribution in [3.05, 3.63) is 18.0 Å². The van der Waals surface area contributed by atoms with Gasteiger partial charge in [0.05, 0.1) is 11.8 Å². The van der Waals surface area contributed by atoms with Crippen molar-refractivity contribution >= 4 is 0 Å². The van der Waals surface area contributed by atoms with E-state index in [0.717, 1.165) is 31.5 Å². The van der Waals surface area contributed by atoms with Crippen LogP contribution in [-0.4, -0.2) is 27.0 Å². The molecular weight excluding hydrogens is 190 g/mol. The van der Waals surface area contributed by atoms with E-state index in [1.807, 2.05) is 19.3 Å². The van der Waals surface area contributed by atoms with Gasteiger partial charge in [0.2, 0.25) is 0 Å². The second-order valence-corrected chi connectivity index (χ2v) is 4.32. The monoisotopic (exact) mass is 209 g/mol. The van der Waals surface area contributed by atoms with E-state index < -0.39 is 0 Å². The maximum Gasteiger partial charge on any atom is 0.0762 e. The Labute approximate surface area is 90.3 Å². The quantitative estimate of drug-likeness (QED) is 0.774. The number of aryl methyl sites for hydroxylation is 1. The number of nitrogens with zero attached hydrogens (tertiary/aromatic N) is 2. The zero-order chi connectivity index (χ0) is 10.7. The molecule has 4 heteroatoms. The van der Waals surface area contributed by atoms with E-state index in [0.29, 0.717) is 0 Å². The predicted octanol–water partition coefficient (Wildman–Crippen LogP) is 0.813. The molecule has 4 nitrogen and oxygen atoms in total. The van der Waals surface area contributed by atoms with Crippen molar-refractivity contribution in [3.8, 4) is 0 Å². The fourth-order valence-corrected chi connectivity index (χ4v) is 2.14. The lowest BCUT2D eigenvalue weighted by Gasteiger charge is -2.28. The Morgan fingerprint density at radius 1 is 1.53 bits per heavy atom. The second-order valence-electron chi connectivity index (χ2n) is 4.32. The van der Waals surface area contributed by atoms with Crippen LogP contribution in [0.4, 0.5) is 0 Å². The molecule has 0 radical (unpaired) electrons. The molecule has 1 aliphatic carbocycles. The first-order valence-electron chi connectivity index (χ1n) is 5.65. The van der Waals surface area contributed by atoms with Crippen molar-refractivity contribution in [2.24, 2.45) is 7.05 Å². The van der Waals surface area contributed by atoms with Crippen molar-refractivity contribution in [3.63, 3.8) is 0 Å². The lowest BCUT2D eigenvalue weighted by atomic mass is 9.92. The summed E-state index contributed by atoms with van der Waals surface area (Å²) in [4.78, 5) is 0. The van der Waals surface area contributed by atoms with Gasteiger partial charge in [0.15, 0.2) is 0 Å². The van der Waals surface area contributed by atoms with E-state index in [2.05, 4.69) is 10.4 Å². The standard InChI is InChI=1S/C11H19N3O/c1-14-7-6-9(13-14)8-12-10-4-2-3-5-11(10)15/h6-7,10-12,15H,2-5,8H2,1H3/t10-,11-/m1/s1. The van der Waals surface area contributed by atoms with E-state index in [1.165, 1.54) is 6.42 Å². The van der Waals surface area contributed by atoms with Gasteiger partial charge in [-0.2, -0.15) is 5.10 Å². The number of aliphatic hydroxyl groups is 1. The minimum absolute atomic E-state index is 0.178. The third kappa shape index (κ3) is 2.79. The average molecular weight is 209 g/mol. The topological polar surface area (TPSA) is 50.1 Å². The minimum atomic E-state index is -0.178. The Kier molecular flexibility index (Phi) is 3.38. The van der Waals surface area contributed by atoms with Crippen LogP contribution in [0.2, 0.25) is 0 Å². The molecule has 1 aromatic heterocycles. The summed E-state index contributed by atoms with van der Waals surface area (Å²) in [5.74, 6) is 0. The Bertz CT molecular complexity index is 311. The first-order valence-corrected chi connectivity index (χ1v) is 5.65. The van der Waals surface area contributed by atoms with Gasteiger partial charge in [0, 0.05) is 25.8 Å². The van der Waals surface area contributed by atoms with Crippen molar-refractivity contribution in [2.75, 3.05) is 0 Å². The highest BCUT2D eigenvalue weighted by atomic mass is 16.3. The number of rotatable bonds is 3. The molecule has 2 rings (SSSR count). The molecule has 0 unspecified atom stereocenters. The number of aromatic nitrogens is 2. The fourth-order valence-electron chi connectivity index (χ4n) is 2.14. The smallest absolute Gasteiger partial charge is 0.0762 e. The van der Waals surface area contributed by atoms with Gasteiger partial charge < -0.3 is 10.4 Å². The highest BCUT2D eigenvalue weighted by Crippen LogP contribution is 2.18. The fraction of sp³-hybridized carbons (Fsp3) is 0.727. The summed E-state index contributed by atoms with van der Waals surface area (Å²) >= 11 is 0. The third-order valence-corrected chi connectivity index (χ3v) is 3.04. The molecule has 2 atom stereocenters. The maximum absolute atomic E-state index is 9.76. The zero-order valence-corrected chi connectivity index (χ0v) is 9.19. The molecule has 0 spiro atoms. The van der Waals surface area contributed by atoms with Gasteiger partial charge in [-0.05, 0) is 18.9 Å². The van der Waals surface area contributed by atoms with Crippen LogP contribution < -0.4 is 5.32 Å². The van der Waals surface area contributed by atoms with E-state index >= 15 is 0 Å². The molecule has 1 aromatic rings. The van der Waals surface area contributed by atoms with E-state index in [4.69, 9.17) is 0 Å². The molecule has 1 aliphatic rings. The summed E-state index contributed by atoms with van der Waals surface area (Å²) < 4.78 is 1.80. The Balaban J connectivity index is 1.81. The maximum atomic E-state index is 9.76. The van der Waals surface area contributed by atoms with Crippen LogP contribution in [-0.2, 0) is 13.6 Å². The molecule has 0 saturated heterocycles. The number of aliphatic hydroxyl groups excluding tert-OH is 1. The van der Waals surface area contributed by atoms with Crippen LogP contribution in [0.15, 0.2) is 12.3 Å². The first kappa shape index (κ1) is 10.6. The minimum Gasteiger partial charge on any atom is -0.392 e. The van der Waals surface area contributed by atoms with Gasteiger partial charge >= 0.3 is 0 Å². The lowest BCUT2D eigenvalue weighted by molar-refractivity contribution is 0.0901. The molecule has 0 amide bonds. The van der Waals surface area contributed by atoms with Gasteiger partial charge in [-0.1, -0.05) is 12.8 Å². The highest BCUT2D eigenvalue weighted by molar-refractivity contribution is 4.98. The number of hydrogen-bond acceptors (Lipinski definition) is 3. The van der Waals surface area contributed by atoms with Crippen molar-refractivity contribution in [1.82, 2.24) is 15.1 Å². The zero-order valence-electron chi connectivity index (χ0n) is 9.19. The molecule has 1 heterocycles. The third-order valence-electron chi connectivity index (χ3n) is 3.04.